The maximum atomic E-state index is 5.83. The van der Waals surface area contributed by atoms with E-state index in [2.05, 4.69) is 40.4 Å². The van der Waals surface area contributed by atoms with Crippen LogP contribution in [0.15, 0.2) is 67.0 Å². The topological polar surface area (TPSA) is 47.0 Å². The van der Waals surface area contributed by atoms with E-state index in [4.69, 9.17) is 4.74 Å². The smallest absolute Gasteiger partial charge is 0.142 e. The minimum absolute atomic E-state index is 0.564. The summed E-state index contributed by atoms with van der Waals surface area (Å²) in [5.74, 6) is 1.68. The van der Waals surface area contributed by atoms with Gasteiger partial charge in [0.2, 0.25) is 0 Å². The summed E-state index contributed by atoms with van der Waals surface area (Å²) in [5, 5.41) is 4.45. The molecule has 4 rings (SSSR count). The molecule has 2 aromatic heterocycles. The molecule has 2 aromatic carbocycles. The van der Waals surface area contributed by atoms with Gasteiger partial charge >= 0.3 is 0 Å². The first-order valence-corrected chi connectivity index (χ1v) is 9.40. The SMILES string of the molecule is CCc1cc2c(Nc3ccc(OCc4ccccc4)cc3)ncnc2s1. The second-order valence-electron chi connectivity index (χ2n) is 5.93. The molecule has 1 N–H and O–H groups in total. The molecule has 0 atom stereocenters. The minimum atomic E-state index is 0.564. The lowest BCUT2D eigenvalue weighted by Crippen LogP contribution is -1.96. The van der Waals surface area contributed by atoms with E-state index >= 15 is 0 Å². The summed E-state index contributed by atoms with van der Waals surface area (Å²) in [6.45, 7) is 2.72. The average Bonchev–Trinajstić information content (AvgIpc) is 3.13. The number of aromatic nitrogens is 2. The highest BCUT2D eigenvalue weighted by Crippen LogP contribution is 2.30. The van der Waals surface area contributed by atoms with Crippen molar-refractivity contribution >= 4 is 33.1 Å². The number of fused-ring (bicyclic) bond motifs is 1. The number of nitrogens with one attached hydrogen (secondary N) is 1. The van der Waals surface area contributed by atoms with Crippen LogP contribution in [-0.2, 0) is 13.0 Å². The second-order valence-corrected chi connectivity index (χ2v) is 7.05. The lowest BCUT2D eigenvalue weighted by Gasteiger charge is -2.09. The molecule has 5 heteroatoms. The third kappa shape index (κ3) is 3.68. The Kier molecular flexibility index (Phi) is 4.80. The molecule has 0 aliphatic carbocycles. The van der Waals surface area contributed by atoms with Gasteiger partial charge in [0.1, 0.15) is 29.3 Å². The number of thiophene rings is 1. The van der Waals surface area contributed by atoms with Gasteiger partial charge in [0, 0.05) is 10.6 Å². The molecule has 0 amide bonds. The summed E-state index contributed by atoms with van der Waals surface area (Å²) in [6, 6.07) is 20.3. The molecule has 2 heterocycles. The Morgan fingerprint density at radius 2 is 1.81 bits per heavy atom. The first kappa shape index (κ1) is 16.5. The normalized spacial score (nSPS) is 10.8. The van der Waals surface area contributed by atoms with E-state index < -0.39 is 0 Å². The Morgan fingerprint density at radius 3 is 2.58 bits per heavy atom. The fourth-order valence-electron chi connectivity index (χ4n) is 2.69. The van der Waals surface area contributed by atoms with Crippen molar-refractivity contribution in [3.63, 3.8) is 0 Å². The standard InChI is InChI=1S/C21H19N3OS/c1-2-18-12-19-20(22-14-23-21(19)26-18)24-16-8-10-17(11-9-16)25-13-15-6-4-3-5-7-15/h3-12,14H,2,13H2,1H3,(H,22,23,24). The highest BCUT2D eigenvalue weighted by molar-refractivity contribution is 7.18. The molecule has 0 saturated heterocycles. The van der Waals surface area contributed by atoms with E-state index in [-0.39, 0.29) is 0 Å². The third-order valence-electron chi connectivity index (χ3n) is 4.09. The zero-order valence-corrected chi connectivity index (χ0v) is 15.3. The fraction of sp³-hybridized carbons (Fsp3) is 0.143. The van der Waals surface area contributed by atoms with Crippen molar-refractivity contribution in [3.05, 3.63) is 77.4 Å². The van der Waals surface area contributed by atoms with Crippen molar-refractivity contribution < 1.29 is 4.74 Å². The molecule has 0 fully saturated rings. The van der Waals surface area contributed by atoms with Crippen LogP contribution in [0.4, 0.5) is 11.5 Å². The first-order chi connectivity index (χ1) is 12.8. The molecule has 0 unspecified atom stereocenters. The zero-order valence-electron chi connectivity index (χ0n) is 14.5. The molecule has 4 aromatic rings. The van der Waals surface area contributed by atoms with Crippen LogP contribution in [0.1, 0.15) is 17.4 Å². The molecule has 4 nitrogen and oxygen atoms in total. The van der Waals surface area contributed by atoms with Crippen molar-refractivity contribution in [2.45, 2.75) is 20.0 Å². The molecule has 130 valence electrons. The molecule has 0 bridgehead atoms. The van der Waals surface area contributed by atoms with Crippen LogP contribution in [0, 0.1) is 0 Å². The predicted octanol–water partition coefficient (Wildman–Crippen LogP) is 5.58. The monoisotopic (exact) mass is 361 g/mol. The number of nitrogens with zero attached hydrogens (tertiary/aromatic N) is 2. The van der Waals surface area contributed by atoms with Crippen LogP contribution in [0.25, 0.3) is 10.2 Å². The van der Waals surface area contributed by atoms with E-state index in [9.17, 15) is 0 Å². The van der Waals surface area contributed by atoms with Crippen molar-refractivity contribution in [2.75, 3.05) is 5.32 Å². The highest BCUT2D eigenvalue weighted by atomic mass is 32.1. The van der Waals surface area contributed by atoms with Crippen LogP contribution < -0.4 is 10.1 Å². The van der Waals surface area contributed by atoms with Gasteiger partial charge in [0.25, 0.3) is 0 Å². The first-order valence-electron chi connectivity index (χ1n) is 8.59. The van der Waals surface area contributed by atoms with Crippen molar-refractivity contribution in [2.24, 2.45) is 0 Å². The minimum Gasteiger partial charge on any atom is -0.489 e. The number of ether oxygens (including phenoxy) is 1. The number of hydrogen-bond donors (Lipinski definition) is 1. The van der Waals surface area contributed by atoms with Crippen LogP contribution in [-0.4, -0.2) is 9.97 Å². The molecular formula is C21H19N3OS. The van der Waals surface area contributed by atoms with E-state index in [0.29, 0.717) is 6.61 Å². The Morgan fingerprint density at radius 1 is 1.00 bits per heavy atom. The highest BCUT2D eigenvalue weighted by Gasteiger charge is 2.08. The van der Waals surface area contributed by atoms with Crippen molar-refractivity contribution in [3.8, 4) is 5.75 Å². The van der Waals surface area contributed by atoms with Crippen LogP contribution in [0.2, 0.25) is 0 Å². The van der Waals surface area contributed by atoms with Crippen molar-refractivity contribution in [1.29, 1.82) is 0 Å². The molecule has 0 saturated carbocycles. The summed E-state index contributed by atoms with van der Waals surface area (Å²) < 4.78 is 5.83. The largest absolute Gasteiger partial charge is 0.489 e. The van der Waals surface area contributed by atoms with Gasteiger partial charge in [-0.05, 0) is 42.3 Å². The van der Waals surface area contributed by atoms with Crippen LogP contribution in [0.5, 0.6) is 5.75 Å². The van der Waals surface area contributed by atoms with Gasteiger partial charge in [0.05, 0.1) is 5.39 Å². The van der Waals surface area contributed by atoms with Gasteiger partial charge in [0.15, 0.2) is 0 Å². The Labute approximate surface area is 156 Å². The lowest BCUT2D eigenvalue weighted by atomic mass is 10.2. The van der Waals surface area contributed by atoms with Crippen LogP contribution in [0.3, 0.4) is 0 Å². The fourth-order valence-corrected chi connectivity index (χ4v) is 3.63. The predicted molar refractivity (Wildman–Crippen MR) is 107 cm³/mol. The van der Waals surface area contributed by atoms with Gasteiger partial charge in [-0.2, -0.15) is 0 Å². The van der Waals surface area contributed by atoms with E-state index in [1.807, 2.05) is 42.5 Å². The quantitative estimate of drug-likeness (QED) is 0.487. The lowest BCUT2D eigenvalue weighted by molar-refractivity contribution is 0.306. The van der Waals surface area contributed by atoms with Crippen LogP contribution >= 0.6 is 11.3 Å². The molecule has 0 aliphatic heterocycles. The number of hydrogen-bond acceptors (Lipinski definition) is 5. The van der Waals surface area contributed by atoms with E-state index in [1.165, 1.54) is 4.88 Å². The zero-order chi connectivity index (χ0) is 17.8. The van der Waals surface area contributed by atoms with Gasteiger partial charge in [-0.25, -0.2) is 9.97 Å². The van der Waals surface area contributed by atoms with Gasteiger partial charge in [-0.15, -0.1) is 11.3 Å². The summed E-state index contributed by atoms with van der Waals surface area (Å²) >= 11 is 1.72. The molecule has 0 aliphatic rings. The van der Waals surface area contributed by atoms with Gasteiger partial charge in [-0.1, -0.05) is 37.3 Å². The number of aryl methyl sites for hydroxylation is 1. The maximum absolute atomic E-state index is 5.83. The van der Waals surface area contributed by atoms with Crippen molar-refractivity contribution in [1.82, 2.24) is 9.97 Å². The van der Waals surface area contributed by atoms with Gasteiger partial charge < -0.3 is 10.1 Å². The molecule has 26 heavy (non-hydrogen) atoms. The molecule has 0 radical (unpaired) electrons. The Balaban J connectivity index is 1.47. The maximum Gasteiger partial charge on any atom is 0.142 e. The summed E-state index contributed by atoms with van der Waals surface area (Å²) in [6.07, 6.45) is 2.62. The third-order valence-corrected chi connectivity index (χ3v) is 5.28. The summed E-state index contributed by atoms with van der Waals surface area (Å²) in [5.41, 5.74) is 2.13. The average molecular weight is 361 g/mol. The summed E-state index contributed by atoms with van der Waals surface area (Å²) in [7, 11) is 0. The van der Waals surface area contributed by atoms with E-state index in [1.54, 1.807) is 17.7 Å². The Hall–Kier alpha value is -2.92. The molecule has 0 spiro atoms. The number of rotatable bonds is 6. The number of benzene rings is 2. The number of anilines is 2. The summed E-state index contributed by atoms with van der Waals surface area (Å²) in [4.78, 5) is 11.1. The van der Waals surface area contributed by atoms with Gasteiger partial charge in [-0.3, -0.25) is 0 Å². The second kappa shape index (κ2) is 7.54. The Bertz CT molecular complexity index is 997. The molecular weight excluding hydrogens is 342 g/mol. The van der Waals surface area contributed by atoms with E-state index in [0.717, 1.165) is 39.5 Å².